The molecule has 5 aromatic carbocycles. The first kappa shape index (κ1) is 63.5. The van der Waals surface area contributed by atoms with E-state index in [9.17, 15) is 0 Å². The molecule has 0 N–H and O–H groups in total. The standard InChI is InChI=1S/5C12H13N.2C7H10N2/c1-8-4-6-11-7-5-9(2)13-12(11)10(8)3;1-8-6-11-5-4-9(2)10(3)12(11)13-7-8;1-8-4-5-11-9(2)6-7-13-12(11)10(8)3;1-8-7-11-5-4-6-13-12(11)10(3)9(8)2;1-8-7-9(2)11-5-4-6-13-12(11)10(8)3;1-5-4-8-9-7(3)6(5)2;1-5-4-6(2)8-9-7(5)3/h5*4-7H,1-3H3;2*4H,1-3H3. The molecule has 0 saturated heterocycles. The molecular formula is C74H85N9. The van der Waals surface area contributed by atoms with Crippen molar-refractivity contribution >= 4 is 54.5 Å². The van der Waals surface area contributed by atoms with Gasteiger partial charge >= 0.3 is 0 Å². The summed E-state index contributed by atoms with van der Waals surface area (Å²) in [5, 5.41) is 21.7. The number of rotatable bonds is 0. The Labute approximate surface area is 494 Å². The fourth-order valence-corrected chi connectivity index (χ4v) is 9.41. The second-order valence-corrected chi connectivity index (χ2v) is 22.2. The zero-order valence-corrected chi connectivity index (χ0v) is 53.2. The van der Waals surface area contributed by atoms with Crippen molar-refractivity contribution in [1.29, 1.82) is 0 Å². The number of hydrogen-bond acceptors (Lipinski definition) is 9. The smallest absolute Gasteiger partial charge is 0.0736 e. The molecule has 9 heteroatoms. The third-order valence-corrected chi connectivity index (χ3v) is 16.0. The zero-order chi connectivity index (χ0) is 60.8. The van der Waals surface area contributed by atoms with Crippen LogP contribution in [0.2, 0.25) is 0 Å². The van der Waals surface area contributed by atoms with E-state index in [1.54, 1.807) is 6.20 Å². The van der Waals surface area contributed by atoms with Gasteiger partial charge in [-0.1, -0.05) is 60.7 Å². The molecule has 0 spiro atoms. The van der Waals surface area contributed by atoms with Crippen LogP contribution in [-0.4, -0.2) is 45.3 Å². The van der Waals surface area contributed by atoms with Gasteiger partial charge < -0.3 is 0 Å². The summed E-state index contributed by atoms with van der Waals surface area (Å²) in [6.07, 6.45) is 9.29. The van der Waals surface area contributed by atoms with Gasteiger partial charge in [0.25, 0.3) is 0 Å². The quantitative estimate of drug-likeness (QED) is 0.146. The van der Waals surface area contributed by atoms with Crippen LogP contribution in [0.5, 0.6) is 0 Å². The number of benzene rings is 5. The van der Waals surface area contributed by atoms with Crippen LogP contribution in [0.25, 0.3) is 54.5 Å². The summed E-state index contributed by atoms with van der Waals surface area (Å²) >= 11 is 0. The van der Waals surface area contributed by atoms with E-state index in [4.69, 9.17) is 0 Å². The minimum absolute atomic E-state index is 0.984. The zero-order valence-electron chi connectivity index (χ0n) is 53.2. The van der Waals surface area contributed by atoms with Crippen molar-refractivity contribution in [3.63, 3.8) is 0 Å². The van der Waals surface area contributed by atoms with E-state index in [1.807, 2.05) is 84.5 Å². The van der Waals surface area contributed by atoms with E-state index in [1.165, 1.54) is 122 Å². The summed E-state index contributed by atoms with van der Waals surface area (Å²) in [5.74, 6) is 0. The number of hydrogen-bond donors (Lipinski definition) is 0. The lowest BCUT2D eigenvalue weighted by molar-refractivity contribution is 0.924. The average Bonchev–Trinajstić information content (AvgIpc) is 3.66. The summed E-state index contributed by atoms with van der Waals surface area (Å²) in [4.78, 5) is 22.2. The molecule has 426 valence electrons. The number of pyridine rings is 5. The number of aryl methyl sites for hydroxylation is 19. The molecule has 7 aromatic heterocycles. The first-order valence-corrected chi connectivity index (χ1v) is 28.5. The van der Waals surface area contributed by atoms with E-state index in [0.717, 1.165) is 50.4 Å². The topological polar surface area (TPSA) is 116 Å². The van der Waals surface area contributed by atoms with Crippen LogP contribution in [0.3, 0.4) is 0 Å². The van der Waals surface area contributed by atoms with Gasteiger partial charge in [-0.3, -0.25) is 24.9 Å². The van der Waals surface area contributed by atoms with E-state index < -0.39 is 0 Å². The average molecular weight is 1100 g/mol. The Morgan fingerprint density at radius 1 is 0.265 bits per heavy atom. The molecule has 12 aromatic rings. The monoisotopic (exact) mass is 1100 g/mol. The lowest BCUT2D eigenvalue weighted by atomic mass is 10.0. The van der Waals surface area contributed by atoms with E-state index in [-0.39, 0.29) is 0 Å². The summed E-state index contributed by atoms with van der Waals surface area (Å²) in [6.45, 7) is 43.8. The lowest BCUT2D eigenvalue weighted by Crippen LogP contribution is -1.92. The predicted molar refractivity (Wildman–Crippen MR) is 352 cm³/mol. The van der Waals surface area contributed by atoms with Crippen LogP contribution in [0.15, 0.2) is 134 Å². The van der Waals surface area contributed by atoms with Gasteiger partial charge in [-0.25, -0.2) is 0 Å². The minimum Gasteiger partial charge on any atom is -0.256 e. The summed E-state index contributed by atoms with van der Waals surface area (Å²) in [6, 6.07) is 36.0. The molecule has 83 heavy (non-hydrogen) atoms. The molecule has 9 nitrogen and oxygen atoms in total. The fourth-order valence-electron chi connectivity index (χ4n) is 9.41. The highest BCUT2D eigenvalue weighted by Gasteiger charge is 2.07. The Morgan fingerprint density at radius 2 is 0.795 bits per heavy atom. The predicted octanol–water partition coefficient (Wildman–Crippen LogP) is 18.6. The van der Waals surface area contributed by atoms with Crippen molar-refractivity contribution in [3.8, 4) is 0 Å². The maximum Gasteiger partial charge on any atom is 0.0736 e. The number of fused-ring (bicyclic) bond motifs is 5. The Morgan fingerprint density at radius 3 is 1.43 bits per heavy atom. The van der Waals surface area contributed by atoms with Crippen LogP contribution >= 0.6 is 0 Å². The van der Waals surface area contributed by atoms with Crippen molar-refractivity contribution in [1.82, 2.24) is 45.3 Å². The number of nitrogens with zero attached hydrogens (tertiary/aromatic N) is 9. The highest BCUT2D eigenvalue weighted by molar-refractivity contribution is 5.87. The van der Waals surface area contributed by atoms with Gasteiger partial charge in [0.2, 0.25) is 0 Å². The van der Waals surface area contributed by atoms with Crippen molar-refractivity contribution in [2.45, 2.75) is 145 Å². The van der Waals surface area contributed by atoms with Crippen molar-refractivity contribution in [3.05, 3.63) is 251 Å². The van der Waals surface area contributed by atoms with E-state index >= 15 is 0 Å². The molecule has 0 aliphatic rings. The molecule has 0 atom stereocenters. The molecular weight excluding hydrogens is 1010 g/mol. The van der Waals surface area contributed by atoms with Crippen LogP contribution in [0, 0.1) is 145 Å². The first-order valence-electron chi connectivity index (χ1n) is 28.5. The van der Waals surface area contributed by atoms with Gasteiger partial charge in [0.1, 0.15) is 0 Å². The molecule has 0 bridgehead atoms. The minimum atomic E-state index is 0.984. The van der Waals surface area contributed by atoms with Gasteiger partial charge in [-0.15, -0.1) is 0 Å². The summed E-state index contributed by atoms with van der Waals surface area (Å²) < 4.78 is 0. The fraction of sp³-hybridized carbons (Fsp3) is 0.284. The van der Waals surface area contributed by atoms with E-state index in [2.05, 4.69) is 234 Å². The van der Waals surface area contributed by atoms with Crippen molar-refractivity contribution in [2.24, 2.45) is 0 Å². The van der Waals surface area contributed by atoms with Gasteiger partial charge in [0.15, 0.2) is 0 Å². The molecule has 0 aliphatic carbocycles. The molecule has 0 aliphatic heterocycles. The summed E-state index contributed by atoms with van der Waals surface area (Å²) in [5.41, 5.74) is 31.7. The van der Waals surface area contributed by atoms with Gasteiger partial charge in [0, 0.05) is 57.4 Å². The van der Waals surface area contributed by atoms with E-state index in [0.29, 0.717) is 0 Å². The van der Waals surface area contributed by atoms with Crippen LogP contribution in [0.1, 0.15) is 117 Å². The molecule has 0 radical (unpaired) electrons. The maximum atomic E-state index is 4.54. The van der Waals surface area contributed by atoms with Crippen LogP contribution in [0.4, 0.5) is 0 Å². The second-order valence-electron chi connectivity index (χ2n) is 22.2. The molecule has 7 heterocycles. The first-order chi connectivity index (χ1) is 39.4. The Kier molecular flexibility index (Phi) is 22.1. The molecule has 0 amide bonds. The van der Waals surface area contributed by atoms with Crippen molar-refractivity contribution < 1.29 is 0 Å². The summed E-state index contributed by atoms with van der Waals surface area (Å²) in [7, 11) is 0. The van der Waals surface area contributed by atoms with Gasteiger partial charge in [-0.05, 0) is 282 Å². The maximum absolute atomic E-state index is 4.54. The molecule has 0 saturated carbocycles. The second kappa shape index (κ2) is 28.8. The highest BCUT2D eigenvalue weighted by atomic mass is 15.1. The van der Waals surface area contributed by atoms with Crippen LogP contribution in [-0.2, 0) is 0 Å². The third kappa shape index (κ3) is 16.3. The lowest BCUT2D eigenvalue weighted by Gasteiger charge is -2.07. The largest absolute Gasteiger partial charge is 0.256 e. The number of aromatic nitrogens is 9. The molecule has 12 rings (SSSR count). The highest BCUT2D eigenvalue weighted by Crippen LogP contribution is 2.26. The van der Waals surface area contributed by atoms with Crippen molar-refractivity contribution in [2.75, 3.05) is 0 Å². The molecule has 0 unspecified atom stereocenters. The normalized spacial score (nSPS) is 10.5. The SMILES string of the molecule is Cc1cc(C)c(C)nn1.Cc1cc(C)c2cccnc2c1C.Cc1cc2cccnc2c(C)c1C.Cc1ccc2c(C)ccnc2c1C.Cc1ccc2ccc(C)c(C)c2n1.Cc1cnc2c(C)c(C)ccc2c1.Cc1cnnc(C)c1C. The Bertz CT molecular complexity index is 4170. The third-order valence-electron chi connectivity index (χ3n) is 16.0. The van der Waals surface area contributed by atoms with Crippen LogP contribution < -0.4 is 0 Å². The Hall–Kier alpha value is -8.69. The Balaban J connectivity index is 0.000000156. The van der Waals surface area contributed by atoms with Gasteiger partial charge in [-0.2, -0.15) is 20.4 Å². The molecule has 0 fully saturated rings. The van der Waals surface area contributed by atoms with Gasteiger partial charge in [0.05, 0.1) is 50.9 Å².